The Bertz CT molecular complexity index is 426. The number of hydrogen-bond acceptors (Lipinski definition) is 2. The standard InChI is InChI=1S/C14H19BrN2O/c1-10-9-11(15)4-5-13(10)14(18)17-12-3-2-7-16-8-6-12/h4-5,9,12,16H,2-3,6-8H2,1H3,(H,17,18). The molecule has 1 aromatic carbocycles. The van der Waals surface area contributed by atoms with E-state index in [4.69, 9.17) is 0 Å². The first-order chi connectivity index (χ1) is 8.66. The van der Waals surface area contributed by atoms with Crippen molar-refractivity contribution < 1.29 is 4.79 Å². The van der Waals surface area contributed by atoms with Crippen LogP contribution in [0.4, 0.5) is 0 Å². The van der Waals surface area contributed by atoms with Gasteiger partial charge in [0, 0.05) is 16.1 Å². The zero-order chi connectivity index (χ0) is 13.0. The number of aryl methyl sites for hydroxylation is 1. The largest absolute Gasteiger partial charge is 0.349 e. The molecule has 0 bridgehead atoms. The van der Waals surface area contributed by atoms with Crippen LogP contribution in [-0.2, 0) is 0 Å². The van der Waals surface area contributed by atoms with Crippen molar-refractivity contribution in [3.05, 3.63) is 33.8 Å². The monoisotopic (exact) mass is 310 g/mol. The highest BCUT2D eigenvalue weighted by molar-refractivity contribution is 9.10. The van der Waals surface area contributed by atoms with Gasteiger partial charge in [0.2, 0.25) is 0 Å². The number of benzene rings is 1. The lowest BCUT2D eigenvalue weighted by atomic mass is 10.1. The Kier molecular flexibility index (Phi) is 4.78. The van der Waals surface area contributed by atoms with E-state index in [1.165, 1.54) is 0 Å². The van der Waals surface area contributed by atoms with Crippen LogP contribution in [0, 0.1) is 6.92 Å². The van der Waals surface area contributed by atoms with Gasteiger partial charge >= 0.3 is 0 Å². The zero-order valence-electron chi connectivity index (χ0n) is 10.6. The minimum atomic E-state index is 0.0481. The van der Waals surface area contributed by atoms with Crippen molar-refractivity contribution in [2.45, 2.75) is 32.2 Å². The summed E-state index contributed by atoms with van der Waals surface area (Å²) in [7, 11) is 0. The number of halogens is 1. The van der Waals surface area contributed by atoms with Crippen LogP contribution in [0.1, 0.15) is 35.2 Å². The van der Waals surface area contributed by atoms with Gasteiger partial charge < -0.3 is 10.6 Å². The summed E-state index contributed by atoms with van der Waals surface area (Å²) in [6.07, 6.45) is 3.21. The highest BCUT2D eigenvalue weighted by Gasteiger charge is 2.16. The van der Waals surface area contributed by atoms with Crippen LogP contribution >= 0.6 is 15.9 Å². The molecular weight excluding hydrogens is 292 g/mol. The maximum Gasteiger partial charge on any atom is 0.251 e. The minimum absolute atomic E-state index is 0.0481. The average Bonchev–Trinajstić information content (AvgIpc) is 2.57. The van der Waals surface area contributed by atoms with E-state index >= 15 is 0 Å². The molecule has 2 rings (SSSR count). The fraction of sp³-hybridized carbons (Fsp3) is 0.500. The van der Waals surface area contributed by atoms with Crippen LogP contribution in [0.5, 0.6) is 0 Å². The second kappa shape index (κ2) is 6.34. The number of rotatable bonds is 2. The van der Waals surface area contributed by atoms with Crippen molar-refractivity contribution in [3.8, 4) is 0 Å². The lowest BCUT2D eigenvalue weighted by molar-refractivity contribution is 0.0933. The third-order valence-electron chi connectivity index (χ3n) is 3.34. The topological polar surface area (TPSA) is 41.1 Å². The molecule has 4 heteroatoms. The minimum Gasteiger partial charge on any atom is -0.349 e. The molecule has 0 saturated carbocycles. The van der Waals surface area contributed by atoms with Gasteiger partial charge in [-0.1, -0.05) is 15.9 Å². The SMILES string of the molecule is Cc1cc(Br)ccc1C(=O)NC1CCCNCC1. The van der Waals surface area contributed by atoms with Crippen molar-refractivity contribution >= 4 is 21.8 Å². The van der Waals surface area contributed by atoms with Crippen LogP contribution in [-0.4, -0.2) is 25.0 Å². The van der Waals surface area contributed by atoms with E-state index in [0.29, 0.717) is 6.04 Å². The van der Waals surface area contributed by atoms with E-state index in [2.05, 4.69) is 26.6 Å². The first kappa shape index (κ1) is 13.6. The zero-order valence-corrected chi connectivity index (χ0v) is 12.2. The van der Waals surface area contributed by atoms with Gasteiger partial charge in [0.25, 0.3) is 5.91 Å². The maximum absolute atomic E-state index is 12.2. The molecule has 18 heavy (non-hydrogen) atoms. The number of carbonyl (C=O) groups is 1. The molecule has 1 atom stereocenters. The molecule has 1 unspecified atom stereocenters. The maximum atomic E-state index is 12.2. The molecule has 1 aliphatic heterocycles. The molecule has 1 heterocycles. The quantitative estimate of drug-likeness (QED) is 0.881. The predicted molar refractivity (Wildman–Crippen MR) is 76.9 cm³/mol. The molecule has 1 fully saturated rings. The van der Waals surface area contributed by atoms with Crippen molar-refractivity contribution in [1.82, 2.24) is 10.6 Å². The molecule has 3 nitrogen and oxygen atoms in total. The van der Waals surface area contributed by atoms with Crippen LogP contribution in [0.2, 0.25) is 0 Å². The van der Waals surface area contributed by atoms with Gasteiger partial charge in [-0.25, -0.2) is 0 Å². The van der Waals surface area contributed by atoms with Gasteiger partial charge in [0.05, 0.1) is 0 Å². The van der Waals surface area contributed by atoms with Crippen LogP contribution < -0.4 is 10.6 Å². The fourth-order valence-corrected chi connectivity index (χ4v) is 2.78. The molecule has 0 aromatic heterocycles. The molecule has 0 aliphatic carbocycles. The Morgan fingerprint density at radius 3 is 3.00 bits per heavy atom. The molecular formula is C14H19BrN2O. The second-order valence-corrected chi connectivity index (χ2v) is 5.73. The number of amides is 1. The molecule has 0 radical (unpaired) electrons. The van der Waals surface area contributed by atoms with E-state index in [0.717, 1.165) is 48.0 Å². The van der Waals surface area contributed by atoms with E-state index in [9.17, 15) is 4.79 Å². The molecule has 1 saturated heterocycles. The summed E-state index contributed by atoms with van der Waals surface area (Å²) >= 11 is 3.41. The van der Waals surface area contributed by atoms with Crippen LogP contribution in [0.3, 0.4) is 0 Å². The summed E-state index contributed by atoms with van der Waals surface area (Å²) in [5.41, 5.74) is 1.78. The summed E-state index contributed by atoms with van der Waals surface area (Å²) in [5.74, 6) is 0.0481. The fourth-order valence-electron chi connectivity index (χ4n) is 2.31. The van der Waals surface area contributed by atoms with Crippen molar-refractivity contribution in [3.63, 3.8) is 0 Å². The number of nitrogens with one attached hydrogen (secondary N) is 2. The smallest absolute Gasteiger partial charge is 0.251 e. The lowest BCUT2D eigenvalue weighted by Gasteiger charge is -2.16. The predicted octanol–water partition coefficient (Wildman–Crippen LogP) is 2.63. The number of carbonyl (C=O) groups excluding carboxylic acids is 1. The lowest BCUT2D eigenvalue weighted by Crippen LogP contribution is -2.35. The van der Waals surface area contributed by atoms with Gasteiger partial charge in [-0.2, -0.15) is 0 Å². The summed E-state index contributed by atoms with van der Waals surface area (Å²) < 4.78 is 1.01. The highest BCUT2D eigenvalue weighted by Crippen LogP contribution is 2.16. The molecule has 1 aromatic rings. The van der Waals surface area contributed by atoms with E-state index in [1.54, 1.807) is 0 Å². The summed E-state index contributed by atoms with van der Waals surface area (Å²) in [5, 5.41) is 6.49. The molecule has 0 spiro atoms. The van der Waals surface area contributed by atoms with Crippen molar-refractivity contribution in [2.24, 2.45) is 0 Å². The number of hydrogen-bond donors (Lipinski definition) is 2. The third kappa shape index (κ3) is 3.56. The first-order valence-corrected chi connectivity index (χ1v) is 7.24. The van der Waals surface area contributed by atoms with Crippen LogP contribution in [0.15, 0.2) is 22.7 Å². The highest BCUT2D eigenvalue weighted by atomic mass is 79.9. The Morgan fingerprint density at radius 1 is 1.39 bits per heavy atom. The van der Waals surface area contributed by atoms with Gasteiger partial charge in [-0.15, -0.1) is 0 Å². The molecule has 98 valence electrons. The molecule has 2 N–H and O–H groups in total. The van der Waals surface area contributed by atoms with Gasteiger partial charge in [0.15, 0.2) is 0 Å². The van der Waals surface area contributed by atoms with E-state index in [1.807, 2.05) is 25.1 Å². The normalized spacial score (nSPS) is 20.2. The van der Waals surface area contributed by atoms with Gasteiger partial charge in [-0.05, 0) is 63.0 Å². The average molecular weight is 311 g/mol. The first-order valence-electron chi connectivity index (χ1n) is 6.44. The Hall–Kier alpha value is -0.870. The second-order valence-electron chi connectivity index (χ2n) is 4.81. The third-order valence-corrected chi connectivity index (χ3v) is 3.84. The van der Waals surface area contributed by atoms with Crippen molar-refractivity contribution in [1.29, 1.82) is 0 Å². The summed E-state index contributed by atoms with van der Waals surface area (Å²) in [6, 6.07) is 6.07. The Morgan fingerprint density at radius 2 is 2.22 bits per heavy atom. The van der Waals surface area contributed by atoms with Crippen LogP contribution in [0.25, 0.3) is 0 Å². The van der Waals surface area contributed by atoms with E-state index in [-0.39, 0.29) is 5.91 Å². The van der Waals surface area contributed by atoms with Crippen molar-refractivity contribution in [2.75, 3.05) is 13.1 Å². The Balaban J connectivity index is 2.02. The molecule has 1 amide bonds. The van der Waals surface area contributed by atoms with Gasteiger partial charge in [0.1, 0.15) is 0 Å². The molecule has 1 aliphatic rings. The summed E-state index contributed by atoms with van der Waals surface area (Å²) in [4.78, 5) is 12.2. The van der Waals surface area contributed by atoms with E-state index < -0.39 is 0 Å². The Labute approximate surface area is 116 Å². The summed E-state index contributed by atoms with van der Waals surface area (Å²) in [6.45, 7) is 4.02. The van der Waals surface area contributed by atoms with Gasteiger partial charge in [-0.3, -0.25) is 4.79 Å².